The molecule has 1 aromatic heterocycles. The molecule has 2 nitrogen and oxygen atoms in total. The van der Waals surface area contributed by atoms with E-state index >= 15 is 0 Å². The van der Waals surface area contributed by atoms with Gasteiger partial charge in [-0.25, -0.2) is 0 Å². The predicted molar refractivity (Wildman–Crippen MR) is 52.2 cm³/mol. The minimum atomic E-state index is -0.265. The van der Waals surface area contributed by atoms with Gasteiger partial charge < -0.3 is 5.73 Å². The summed E-state index contributed by atoms with van der Waals surface area (Å²) in [6, 6.07) is 2.02. The molecule has 3 rings (SSSR count). The van der Waals surface area contributed by atoms with Gasteiger partial charge in [0.25, 0.3) is 5.91 Å². The van der Waals surface area contributed by atoms with Crippen LogP contribution in [0, 0.1) is 0 Å². The molecule has 0 aliphatic heterocycles. The average molecular weight is 193 g/mol. The van der Waals surface area contributed by atoms with Crippen LogP contribution in [-0.2, 0) is 0 Å². The lowest BCUT2D eigenvalue weighted by Gasteiger charge is -2.07. The van der Waals surface area contributed by atoms with Crippen LogP contribution in [-0.4, -0.2) is 5.91 Å². The van der Waals surface area contributed by atoms with Gasteiger partial charge in [0.2, 0.25) is 0 Å². The second kappa shape index (κ2) is 2.35. The summed E-state index contributed by atoms with van der Waals surface area (Å²) in [5.41, 5.74) is 6.68. The zero-order valence-electron chi connectivity index (χ0n) is 7.25. The maximum absolute atomic E-state index is 11.0. The van der Waals surface area contributed by atoms with Gasteiger partial charge in [0.1, 0.15) is 0 Å². The summed E-state index contributed by atoms with van der Waals surface area (Å²) < 4.78 is 0. The quantitative estimate of drug-likeness (QED) is 0.730. The molecule has 13 heavy (non-hydrogen) atoms. The Morgan fingerprint density at radius 1 is 1.46 bits per heavy atom. The highest BCUT2D eigenvalue weighted by Gasteiger charge is 2.38. The average Bonchev–Trinajstić information content (AvgIpc) is 2.76. The third-order valence-corrected chi connectivity index (χ3v) is 4.61. The number of carbonyl (C=O) groups excluding carboxylic acids is 1. The molecule has 2 aliphatic rings. The first kappa shape index (κ1) is 7.56. The zero-order chi connectivity index (χ0) is 9.00. The van der Waals surface area contributed by atoms with E-state index in [-0.39, 0.29) is 5.91 Å². The first-order valence-corrected chi connectivity index (χ1v) is 5.51. The molecule has 1 aromatic rings. The maximum atomic E-state index is 11.0. The topological polar surface area (TPSA) is 43.1 Å². The smallest absolute Gasteiger partial charge is 0.258 e. The van der Waals surface area contributed by atoms with Crippen molar-refractivity contribution in [3.63, 3.8) is 0 Å². The fourth-order valence-corrected chi connectivity index (χ4v) is 3.93. The van der Waals surface area contributed by atoms with Crippen molar-refractivity contribution in [3.8, 4) is 0 Å². The van der Waals surface area contributed by atoms with Crippen molar-refractivity contribution in [3.05, 3.63) is 21.4 Å². The van der Waals surface area contributed by atoms with Crippen molar-refractivity contribution in [2.75, 3.05) is 0 Å². The number of carbonyl (C=O) groups is 1. The molecule has 2 bridgehead atoms. The van der Waals surface area contributed by atoms with Crippen LogP contribution in [0.25, 0.3) is 0 Å². The zero-order valence-corrected chi connectivity index (χ0v) is 8.06. The number of amides is 1. The predicted octanol–water partition coefficient (Wildman–Crippen LogP) is 2.21. The molecule has 2 aliphatic carbocycles. The molecule has 3 heteroatoms. The molecule has 2 atom stereocenters. The Balaban J connectivity index is 2.11. The molecular weight excluding hydrogens is 182 g/mol. The first-order valence-electron chi connectivity index (χ1n) is 4.69. The van der Waals surface area contributed by atoms with E-state index < -0.39 is 0 Å². The van der Waals surface area contributed by atoms with Crippen LogP contribution in [0.2, 0.25) is 0 Å². The van der Waals surface area contributed by atoms with Crippen LogP contribution in [0.5, 0.6) is 0 Å². The van der Waals surface area contributed by atoms with Gasteiger partial charge in [0, 0.05) is 4.88 Å². The highest BCUT2D eigenvalue weighted by Crippen LogP contribution is 2.55. The number of nitrogens with two attached hydrogens (primary N) is 1. The van der Waals surface area contributed by atoms with Gasteiger partial charge in [-0.2, -0.15) is 0 Å². The SMILES string of the molecule is NC(=O)c1cc2c(s1)C1CCC2C1. The Hall–Kier alpha value is -0.830. The minimum absolute atomic E-state index is 0.265. The van der Waals surface area contributed by atoms with Crippen molar-refractivity contribution in [2.45, 2.75) is 31.1 Å². The molecule has 1 amide bonds. The summed E-state index contributed by atoms with van der Waals surface area (Å²) >= 11 is 1.62. The molecule has 1 saturated carbocycles. The molecule has 2 N–H and O–H groups in total. The van der Waals surface area contributed by atoms with Gasteiger partial charge in [0.15, 0.2) is 0 Å². The Morgan fingerprint density at radius 3 is 2.92 bits per heavy atom. The van der Waals surface area contributed by atoms with Crippen LogP contribution < -0.4 is 5.73 Å². The molecule has 0 saturated heterocycles. The van der Waals surface area contributed by atoms with Gasteiger partial charge in [-0.1, -0.05) is 0 Å². The van der Waals surface area contributed by atoms with Gasteiger partial charge in [-0.15, -0.1) is 11.3 Å². The number of hydrogen-bond acceptors (Lipinski definition) is 2. The number of thiophene rings is 1. The molecular formula is C10H11NOS. The summed E-state index contributed by atoms with van der Waals surface area (Å²) in [5, 5.41) is 0. The minimum Gasteiger partial charge on any atom is -0.365 e. The van der Waals surface area contributed by atoms with Gasteiger partial charge >= 0.3 is 0 Å². The Bertz CT molecular complexity index is 355. The van der Waals surface area contributed by atoms with E-state index in [9.17, 15) is 4.79 Å². The number of primary amides is 1. The number of rotatable bonds is 1. The largest absolute Gasteiger partial charge is 0.365 e. The lowest BCUT2D eigenvalue weighted by atomic mass is 9.99. The van der Waals surface area contributed by atoms with E-state index in [0.717, 1.165) is 16.7 Å². The fraction of sp³-hybridized carbons (Fsp3) is 0.500. The van der Waals surface area contributed by atoms with Gasteiger partial charge in [-0.05, 0) is 42.7 Å². The van der Waals surface area contributed by atoms with E-state index in [1.165, 1.54) is 29.7 Å². The third-order valence-electron chi connectivity index (χ3n) is 3.28. The van der Waals surface area contributed by atoms with Gasteiger partial charge in [0.05, 0.1) is 4.88 Å². The van der Waals surface area contributed by atoms with E-state index in [1.807, 2.05) is 6.07 Å². The number of hydrogen-bond donors (Lipinski definition) is 1. The van der Waals surface area contributed by atoms with Crippen molar-refractivity contribution in [1.82, 2.24) is 0 Å². The molecule has 0 aromatic carbocycles. The summed E-state index contributed by atoms with van der Waals surface area (Å²) in [6.07, 6.45) is 3.95. The van der Waals surface area contributed by atoms with Crippen LogP contribution in [0.1, 0.15) is 51.2 Å². The summed E-state index contributed by atoms with van der Waals surface area (Å²) in [6.45, 7) is 0. The van der Waals surface area contributed by atoms with E-state index in [0.29, 0.717) is 0 Å². The van der Waals surface area contributed by atoms with Crippen molar-refractivity contribution < 1.29 is 4.79 Å². The third kappa shape index (κ3) is 0.908. The van der Waals surface area contributed by atoms with Crippen molar-refractivity contribution in [1.29, 1.82) is 0 Å². The van der Waals surface area contributed by atoms with Crippen LogP contribution in [0.3, 0.4) is 0 Å². The Kier molecular flexibility index (Phi) is 1.37. The van der Waals surface area contributed by atoms with Crippen molar-refractivity contribution >= 4 is 17.2 Å². The van der Waals surface area contributed by atoms with E-state index in [1.54, 1.807) is 11.3 Å². The highest BCUT2D eigenvalue weighted by molar-refractivity contribution is 7.14. The second-order valence-electron chi connectivity index (χ2n) is 4.00. The number of fused-ring (bicyclic) bond motifs is 5. The summed E-state index contributed by atoms with van der Waals surface area (Å²) in [4.78, 5) is 13.2. The second-order valence-corrected chi connectivity index (χ2v) is 5.09. The molecule has 0 spiro atoms. The monoisotopic (exact) mass is 193 g/mol. The molecule has 68 valence electrons. The lowest BCUT2D eigenvalue weighted by molar-refractivity contribution is 0.100. The fourth-order valence-electron chi connectivity index (χ4n) is 2.68. The maximum Gasteiger partial charge on any atom is 0.258 e. The normalized spacial score (nSPS) is 29.2. The summed E-state index contributed by atoms with van der Waals surface area (Å²) in [7, 11) is 0. The molecule has 1 heterocycles. The molecule has 0 radical (unpaired) electrons. The van der Waals surface area contributed by atoms with Crippen molar-refractivity contribution in [2.24, 2.45) is 5.73 Å². The van der Waals surface area contributed by atoms with Crippen LogP contribution in [0.4, 0.5) is 0 Å². The van der Waals surface area contributed by atoms with Gasteiger partial charge in [-0.3, -0.25) is 4.79 Å². The summed E-state index contributed by atoms with van der Waals surface area (Å²) in [5.74, 6) is 1.22. The van der Waals surface area contributed by atoms with E-state index in [2.05, 4.69) is 0 Å². The first-order chi connectivity index (χ1) is 6.25. The molecule has 1 fully saturated rings. The molecule has 2 unspecified atom stereocenters. The van der Waals surface area contributed by atoms with Crippen LogP contribution in [0.15, 0.2) is 6.07 Å². The Morgan fingerprint density at radius 2 is 2.23 bits per heavy atom. The standard InChI is InChI=1S/C10H11NOS/c11-10(12)8-4-7-5-1-2-6(3-5)9(7)13-8/h4-6H,1-3H2,(H2,11,12). The van der Waals surface area contributed by atoms with E-state index in [4.69, 9.17) is 5.73 Å². The lowest BCUT2D eigenvalue weighted by Crippen LogP contribution is -2.08. The van der Waals surface area contributed by atoms with Crippen LogP contribution >= 0.6 is 11.3 Å². The Labute approximate surface area is 80.8 Å². The highest BCUT2D eigenvalue weighted by atomic mass is 32.1.